The summed E-state index contributed by atoms with van der Waals surface area (Å²) in [6, 6.07) is 15.0. The minimum Gasteiger partial charge on any atom is -0.497 e. The van der Waals surface area contributed by atoms with Crippen molar-refractivity contribution in [1.29, 1.82) is 0 Å². The Bertz CT molecular complexity index is 1110. The van der Waals surface area contributed by atoms with Gasteiger partial charge < -0.3 is 23.9 Å². The van der Waals surface area contributed by atoms with E-state index in [0.29, 0.717) is 6.61 Å². The third-order valence-electron chi connectivity index (χ3n) is 7.53. The number of rotatable bonds is 3. The number of hydrogen-bond donors (Lipinski definition) is 1. The summed E-state index contributed by atoms with van der Waals surface area (Å²) in [6.07, 6.45) is 7.44. The van der Waals surface area contributed by atoms with E-state index in [2.05, 4.69) is 75.2 Å². The average Bonchev–Trinajstić information content (AvgIpc) is 3.51. The summed E-state index contributed by atoms with van der Waals surface area (Å²) in [5.74, 6) is 0.875. The first-order valence-electron chi connectivity index (χ1n) is 11.2. The predicted molar refractivity (Wildman–Crippen MR) is 121 cm³/mol. The van der Waals surface area contributed by atoms with Gasteiger partial charge in [-0.05, 0) is 49.2 Å². The number of fused-ring (bicyclic) bond motifs is 4. The van der Waals surface area contributed by atoms with Gasteiger partial charge in [-0.25, -0.2) is 0 Å². The number of nitrogens with one attached hydrogen (secondary N) is 1. The summed E-state index contributed by atoms with van der Waals surface area (Å²) in [6.45, 7) is 3.86. The lowest BCUT2D eigenvalue weighted by Crippen LogP contribution is -2.46. The van der Waals surface area contributed by atoms with Crippen LogP contribution in [0.25, 0.3) is 5.69 Å². The second-order valence-electron chi connectivity index (χ2n) is 9.39. The van der Waals surface area contributed by atoms with Crippen LogP contribution in [-0.2, 0) is 23.9 Å². The standard InChI is InChI=1S/C25H30N4O2/c1-27-11-3-5-19(27)16-28-13-9-24(10-14-28)17-25(18-31-24)23-6-4-12-29(23)22-8-7-20(30-2)15-21(22)26-25/h3-8,11-12,15,26H,9-10,13-14,16-18H2,1-2H3/t25-/m1/s1. The van der Waals surface area contributed by atoms with Crippen molar-refractivity contribution >= 4 is 5.69 Å². The van der Waals surface area contributed by atoms with E-state index < -0.39 is 0 Å². The molecule has 3 aromatic rings. The van der Waals surface area contributed by atoms with E-state index >= 15 is 0 Å². The number of likely N-dealkylation sites (tertiary alicyclic amines) is 1. The predicted octanol–water partition coefficient (Wildman–Crippen LogP) is 3.90. The number of benzene rings is 1. The van der Waals surface area contributed by atoms with Gasteiger partial charge in [-0.3, -0.25) is 4.90 Å². The van der Waals surface area contributed by atoms with E-state index in [0.717, 1.165) is 50.3 Å². The molecule has 0 bridgehead atoms. The molecule has 1 N–H and O–H groups in total. The molecule has 1 atom stereocenters. The maximum atomic E-state index is 6.64. The van der Waals surface area contributed by atoms with Gasteiger partial charge in [0.1, 0.15) is 11.3 Å². The molecule has 2 fully saturated rings. The molecule has 0 saturated carbocycles. The fourth-order valence-electron chi connectivity index (χ4n) is 5.76. The fraction of sp³-hybridized carbons (Fsp3) is 0.440. The van der Waals surface area contributed by atoms with Gasteiger partial charge in [0.15, 0.2) is 0 Å². The van der Waals surface area contributed by atoms with E-state index in [-0.39, 0.29) is 11.1 Å². The maximum absolute atomic E-state index is 6.64. The summed E-state index contributed by atoms with van der Waals surface area (Å²) in [5.41, 5.74) is 4.71. The Balaban J connectivity index is 1.23. The number of piperidine rings is 1. The summed E-state index contributed by atoms with van der Waals surface area (Å²) in [5, 5.41) is 3.87. The Labute approximate surface area is 183 Å². The molecular formula is C25H30N4O2. The van der Waals surface area contributed by atoms with E-state index in [4.69, 9.17) is 9.47 Å². The van der Waals surface area contributed by atoms with Crippen molar-refractivity contribution in [3.05, 3.63) is 66.2 Å². The first kappa shape index (κ1) is 19.0. The van der Waals surface area contributed by atoms with E-state index in [9.17, 15) is 0 Å². The summed E-state index contributed by atoms with van der Waals surface area (Å²) in [7, 11) is 3.85. The Hall–Kier alpha value is -2.70. The van der Waals surface area contributed by atoms with Gasteiger partial charge >= 0.3 is 0 Å². The van der Waals surface area contributed by atoms with Crippen LogP contribution < -0.4 is 10.1 Å². The average molecular weight is 419 g/mol. The highest BCUT2D eigenvalue weighted by molar-refractivity contribution is 5.69. The molecule has 3 aliphatic rings. The van der Waals surface area contributed by atoms with Gasteiger partial charge in [-0.2, -0.15) is 0 Å². The van der Waals surface area contributed by atoms with Crippen molar-refractivity contribution in [2.24, 2.45) is 7.05 Å². The van der Waals surface area contributed by atoms with Crippen LogP contribution in [0.3, 0.4) is 0 Å². The summed E-state index contributed by atoms with van der Waals surface area (Å²) < 4.78 is 16.7. The number of nitrogens with zero attached hydrogens (tertiary/aromatic N) is 3. The van der Waals surface area contributed by atoms with Crippen molar-refractivity contribution in [1.82, 2.24) is 14.0 Å². The summed E-state index contributed by atoms with van der Waals surface area (Å²) in [4.78, 5) is 2.56. The van der Waals surface area contributed by atoms with Crippen LogP contribution in [0.1, 0.15) is 30.7 Å². The molecule has 6 rings (SSSR count). The Morgan fingerprint density at radius 3 is 2.71 bits per heavy atom. The van der Waals surface area contributed by atoms with Crippen LogP contribution in [0.2, 0.25) is 0 Å². The third kappa shape index (κ3) is 3.00. The Kier molecular flexibility index (Phi) is 4.24. The fourth-order valence-corrected chi connectivity index (χ4v) is 5.76. The molecule has 0 unspecified atom stereocenters. The van der Waals surface area contributed by atoms with Crippen molar-refractivity contribution in [3.8, 4) is 11.4 Å². The zero-order chi connectivity index (χ0) is 21.1. The lowest BCUT2D eigenvalue weighted by atomic mass is 9.79. The molecule has 2 saturated heterocycles. The molecule has 6 nitrogen and oxygen atoms in total. The third-order valence-corrected chi connectivity index (χ3v) is 7.53. The first-order valence-corrected chi connectivity index (χ1v) is 11.2. The summed E-state index contributed by atoms with van der Waals surface area (Å²) >= 11 is 0. The highest BCUT2D eigenvalue weighted by Gasteiger charge is 2.53. The molecule has 1 aromatic carbocycles. The number of methoxy groups -OCH3 is 1. The van der Waals surface area contributed by atoms with Gasteiger partial charge in [0.05, 0.1) is 36.4 Å². The molecule has 31 heavy (non-hydrogen) atoms. The number of aryl methyl sites for hydroxylation is 1. The second kappa shape index (κ2) is 6.90. The topological polar surface area (TPSA) is 43.6 Å². The SMILES string of the molecule is COc1ccc2c(c1)N[C@]1(COC3(CCN(Cc4cccn4C)CC3)C1)c1cccn1-2. The van der Waals surface area contributed by atoms with Crippen LogP contribution in [0.15, 0.2) is 54.9 Å². The van der Waals surface area contributed by atoms with Crippen LogP contribution in [0.4, 0.5) is 5.69 Å². The molecule has 0 amide bonds. The molecule has 5 heterocycles. The zero-order valence-electron chi connectivity index (χ0n) is 18.3. The lowest BCUT2D eigenvalue weighted by molar-refractivity contribution is -0.0454. The smallest absolute Gasteiger partial charge is 0.121 e. The normalized spacial score (nSPS) is 24.2. The quantitative estimate of drug-likeness (QED) is 0.701. The van der Waals surface area contributed by atoms with Gasteiger partial charge in [0, 0.05) is 57.3 Å². The van der Waals surface area contributed by atoms with E-state index in [1.54, 1.807) is 7.11 Å². The van der Waals surface area contributed by atoms with Gasteiger partial charge in [0.2, 0.25) is 0 Å². The second-order valence-corrected chi connectivity index (χ2v) is 9.39. The molecular weight excluding hydrogens is 388 g/mol. The van der Waals surface area contributed by atoms with E-state index in [1.807, 2.05) is 6.07 Å². The first-order chi connectivity index (χ1) is 15.1. The van der Waals surface area contributed by atoms with Crippen molar-refractivity contribution < 1.29 is 9.47 Å². The monoisotopic (exact) mass is 418 g/mol. The number of anilines is 1. The molecule has 6 heteroatoms. The van der Waals surface area contributed by atoms with Crippen molar-refractivity contribution in [3.63, 3.8) is 0 Å². The lowest BCUT2D eigenvalue weighted by Gasteiger charge is -2.41. The highest BCUT2D eigenvalue weighted by Crippen LogP contribution is 2.50. The van der Waals surface area contributed by atoms with Crippen LogP contribution in [0, 0.1) is 0 Å². The minimum atomic E-state index is -0.191. The number of ether oxygens (including phenoxy) is 2. The molecule has 2 aromatic heterocycles. The molecule has 0 aliphatic carbocycles. The minimum absolute atomic E-state index is 0.0524. The van der Waals surface area contributed by atoms with Gasteiger partial charge in [0.25, 0.3) is 0 Å². The highest BCUT2D eigenvalue weighted by atomic mass is 16.5. The number of aromatic nitrogens is 2. The number of hydrogen-bond acceptors (Lipinski definition) is 4. The van der Waals surface area contributed by atoms with E-state index in [1.165, 1.54) is 17.1 Å². The largest absolute Gasteiger partial charge is 0.497 e. The molecule has 3 aliphatic heterocycles. The molecule has 0 radical (unpaired) electrons. The van der Waals surface area contributed by atoms with Crippen LogP contribution in [0.5, 0.6) is 5.75 Å². The van der Waals surface area contributed by atoms with Crippen molar-refractivity contribution in [2.75, 3.05) is 32.1 Å². The maximum Gasteiger partial charge on any atom is 0.121 e. The Morgan fingerprint density at radius 2 is 1.94 bits per heavy atom. The van der Waals surface area contributed by atoms with Gasteiger partial charge in [-0.15, -0.1) is 0 Å². The Morgan fingerprint density at radius 1 is 1.10 bits per heavy atom. The zero-order valence-corrected chi connectivity index (χ0v) is 18.3. The van der Waals surface area contributed by atoms with Crippen LogP contribution >= 0.6 is 0 Å². The molecule has 2 spiro atoms. The van der Waals surface area contributed by atoms with Gasteiger partial charge in [-0.1, -0.05) is 0 Å². The van der Waals surface area contributed by atoms with Crippen molar-refractivity contribution in [2.45, 2.75) is 36.9 Å². The van der Waals surface area contributed by atoms with Crippen LogP contribution in [-0.4, -0.2) is 46.4 Å². The molecule has 162 valence electrons.